The van der Waals surface area contributed by atoms with Gasteiger partial charge in [0, 0.05) is 6.54 Å². The van der Waals surface area contributed by atoms with Gasteiger partial charge in [0.2, 0.25) is 0 Å². The van der Waals surface area contributed by atoms with Crippen molar-refractivity contribution in [3.05, 3.63) is 35.1 Å². The average molecular weight is 179 g/mol. The predicted molar refractivity (Wildman–Crippen MR) is 51.1 cm³/mol. The summed E-state index contributed by atoms with van der Waals surface area (Å²) in [5, 5.41) is 3.07. The number of hydrogen-bond acceptors (Lipinski definition) is 1. The van der Waals surface area contributed by atoms with E-state index in [1.165, 1.54) is 18.4 Å². The molecule has 1 N–H and O–H groups in total. The normalized spacial score (nSPS) is 16.2. The number of nitrogens with one attached hydrogen (secondary N) is 1. The number of rotatable bonds is 3. The Hall–Kier alpha value is -0.890. The second-order valence-corrected chi connectivity index (χ2v) is 3.65. The Morgan fingerprint density at radius 3 is 2.85 bits per heavy atom. The van der Waals surface area contributed by atoms with Crippen LogP contribution < -0.4 is 5.32 Å². The minimum Gasteiger partial charge on any atom is -0.316 e. The van der Waals surface area contributed by atoms with Gasteiger partial charge in [0.1, 0.15) is 5.82 Å². The maximum Gasteiger partial charge on any atom is 0.123 e. The van der Waals surface area contributed by atoms with Gasteiger partial charge in [-0.1, -0.05) is 6.07 Å². The van der Waals surface area contributed by atoms with E-state index in [0.29, 0.717) is 5.92 Å². The molecule has 2 rings (SSSR count). The molecule has 1 fully saturated rings. The van der Waals surface area contributed by atoms with Crippen molar-refractivity contribution in [2.45, 2.75) is 25.3 Å². The molecule has 1 saturated carbocycles. The molecule has 1 nitrogen and oxygen atoms in total. The third-order valence-electron chi connectivity index (χ3n) is 2.49. The van der Waals surface area contributed by atoms with Crippen LogP contribution in [0.5, 0.6) is 0 Å². The molecule has 0 saturated heterocycles. The Morgan fingerprint density at radius 1 is 1.46 bits per heavy atom. The van der Waals surface area contributed by atoms with Crippen molar-refractivity contribution in [2.75, 3.05) is 7.05 Å². The van der Waals surface area contributed by atoms with Crippen LogP contribution in [0.3, 0.4) is 0 Å². The summed E-state index contributed by atoms with van der Waals surface area (Å²) in [5.74, 6) is 0.568. The van der Waals surface area contributed by atoms with Crippen molar-refractivity contribution in [1.82, 2.24) is 5.32 Å². The predicted octanol–water partition coefficient (Wildman–Crippen LogP) is 2.42. The highest BCUT2D eigenvalue weighted by Gasteiger charge is 2.25. The summed E-state index contributed by atoms with van der Waals surface area (Å²) in [6, 6.07) is 5.14. The van der Waals surface area contributed by atoms with Crippen LogP contribution in [0.25, 0.3) is 0 Å². The van der Waals surface area contributed by atoms with E-state index in [4.69, 9.17) is 0 Å². The molecule has 70 valence electrons. The Labute approximate surface area is 78.0 Å². The highest BCUT2D eigenvalue weighted by molar-refractivity contribution is 5.33. The average Bonchev–Trinajstić information content (AvgIpc) is 2.88. The van der Waals surface area contributed by atoms with Gasteiger partial charge in [-0.25, -0.2) is 4.39 Å². The molecular formula is C11H14FN. The zero-order valence-electron chi connectivity index (χ0n) is 7.81. The van der Waals surface area contributed by atoms with Crippen molar-refractivity contribution in [1.29, 1.82) is 0 Å². The minimum absolute atomic E-state index is 0.130. The number of benzene rings is 1. The van der Waals surface area contributed by atoms with Gasteiger partial charge in [-0.15, -0.1) is 0 Å². The maximum absolute atomic E-state index is 12.9. The topological polar surface area (TPSA) is 12.0 Å². The lowest BCUT2D eigenvalue weighted by Crippen LogP contribution is -2.07. The molecule has 13 heavy (non-hydrogen) atoms. The minimum atomic E-state index is -0.130. The largest absolute Gasteiger partial charge is 0.316 e. The van der Waals surface area contributed by atoms with Crippen LogP contribution in [0, 0.1) is 5.82 Å². The van der Waals surface area contributed by atoms with E-state index < -0.39 is 0 Å². The van der Waals surface area contributed by atoms with Crippen molar-refractivity contribution < 1.29 is 4.39 Å². The number of hydrogen-bond donors (Lipinski definition) is 1. The third kappa shape index (κ3) is 1.89. The van der Waals surface area contributed by atoms with Gasteiger partial charge in [-0.3, -0.25) is 0 Å². The molecule has 0 atom stereocenters. The van der Waals surface area contributed by atoms with E-state index in [1.54, 1.807) is 12.1 Å². The summed E-state index contributed by atoms with van der Waals surface area (Å²) >= 11 is 0. The van der Waals surface area contributed by atoms with Crippen LogP contribution in [0.4, 0.5) is 4.39 Å². The van der Waals surface area contributed by atoms with Gasteiger partial charge in [0.25, 0.3) is 0 Å². The first-order valence-electron chi connectivity index (χ1n) is 4.74. The molecular weight excluding hydrogens is 165 g/mol. The Bertz CT molecular complexity index is 305. The van der Waals surface area contributed by atoms with Gasteiger partial charge in [0.15, 0.2) is 0 Å². The molecule has 2 heteroatoms. The quantitative estimate of drug-likeness (QED) is 0.751. The highest BCUT2D eigenvalue weighted by Crippen LogP contribution is 2.41. The summed E-state index contributed by atoms with van der Waals surface area (Å²) in [7, 11) is 1.89. The van der Waals surface area contributed by atoms with E-state index in [1.807, 2.05) is 13.1 Å². The molecule has 0 radical (unpaired) electrons. The SMILES string of the molecule is CNCc1cc(F)ccc1C1CC1. The molecule has 0 heterocycles. The van der Waals surface area contributed by atoms with Crippen LogP contribution in [0.15, 0.2) is 18.2 Å². The zero-order chi connectivity index (χ0) is 9.26. The summed E-state index contributed by atoms with van der Waals surface area (Å²) in [5.41, 5.74) is 2.45. The summed E-state index contributed by atoms with van der Waals surface area (Å²) in [4.78, 5) is 0. The van der Waals surface area contributed by atoms with E-state index in [0.717, 1.165) is 12.1 Å². The molecule has 1 aromatic carbocycles. The lowest BCUT2D eigenvalue weighted by molar-refractivity contribution is 0.622. The van der Waals surface area contributed by atoms with Gasteiger partial charge < -0.3 is 5.32 Å². The van der Waals surface area contributed by atoms with Gasteiger partial charge >= 0.3 is 0 Å². The van der Waals surface area contributed by atoms with Crippen LogP contribution >= 0.6 is 0 Å². The first kappa shape index (κ1) is 8.70. The van der Waals surface area contributed by atoms with Crippen LogP contribution in [0.1, 0.15) is 29.9 Å². The van der Waals surface area contributed by atoms with Crippen molar-refractivity contribution in [3.8, 4) is 0 Å². The molecule has 0 spiro atoms. The molecule has 0 aliphatic heterocycles. The fraction of sp³-hybridized carbons (Fsp3) is 0.455. The van der Waals surface area contributed by atoms with Crippen molar-refractivity contribution in [3.63, 3.8) is 0 Å². The Balaban J connectivity index is 2.30. The third-order valence-corrected chi connectivity index (χ3v) is 2.49. The Kier molecular flexibility index (Phi) is 2.32. The molecule has 0 aromatic heterocycles. The maximum atomic E-state index is 12.9. The summed E-state index contributed by atoms with van der Waals surface area (Å²) < 4.78 is 12.9. The summed E-state index contributed by atoms with van der Waals surface area (Å²) in [6.45, 7) is 0.767. The molecule has 0 amide bonds. The molecule has 1 aliphatic rings. The first-order chi connectivity index (χ1) is 6.31. The molecule has 1 aliphatic carbocycles. The second kappa shape index (κ2) is 3.46. The van der Waals surface area contributed by atoms with E-state index >= 15 is 0 Å². The second-order valence-electron chi connectivity index (χ2n) is 3.65. The Morgan fingerprint density at radius 2 is 2.23 bits per heavy atom. The van der Waals surface area contributed by atoms with Crippen molar-refractivity contribution >= 4 is 0 Å². The lowest BCUT2D eigenvalue weighted by atomic mass is 10.0. The van der Waals surface area contributed by atoms with E-state index in [9.17, 15) is 4.39 Å². The fourth-order valence-electron chi connectivity index (χ4n) is 1.71. The zero-order valence-corrected chi connectivity index (χ0v) is 7.81. The van der Waals surface area contributed by atoms with Crippen LogP contribution in [-0.4, -0.2) is 7.05 Å². The standard InChI is InChI=1S/C11H14FN/c1-13-7-9-6-10(12)4-5-11(9)8-2-3-8/h4-6,8,13H,2-3,7H2,1H3. The van der Waals surface area contributed by atoms with E-state index in [2.05, 4.69) is 5.32 Å². The monoisotopic (exact) mass is 179 g/mol. The van der Waals surface area contributed by atoms with Crippen LogP contribution in [0.2, 0.25) is 0 Å². The smallest absolute Gasteiger partial charge is 0.123 e. The first-order valence-corrected chi connectivity index (χ1v) is 4.74. The molecule has 0 unspecified atom stereocenters. The van der Waals surface area contributed by atoms with Gasteiger partial charge in [-0.05, 0) is 49.1 Å². The molecule has 1 aromatic rings. The van der Waals surface area contributed by atoms with E-state index in [-0.39, 0.29) is 5.82 Å². The fourth-order valence-corrected chi connectivity index (χ4v) is 1.71. The number of halogens is 1. The highest BCUT2D eigenvalue weighted by atomic mass is 19.1. The molecule has 0 bridgehead atoms. The van der Waals surface area contributed by atoms with Gasteiger partial charge in [-0.2, -0.15) is 0 Å². The van der Waals surface area contributed by atoms with Gasteiger partial charge in [0.05, 0.1) is 0 Å². The van der Waals surface area contributed by atoms with Crippen molar-refractivity contribution in [2.24, 2.45) is 0 Å². The summed E-state index contributed by atoms with van der Waals surface area (Å²) in [6.07, 6.45) is 2.53. The van der Waals surface area contributed by atoms with Crippen LogP contribution in [-0.2, 0) is 6.54 Å². The lowest BCUT2D eigenvalue weighted by Gasteiger charge is -2.07.